The minimum absolute atomic E-state index is 0.00756. The topological polar surface area (TPSA) is 95.9 Å². The summed E-state index contributed by atoms with van der Waals surface area (Å²) < 4.78 is 5.46. The van der Waals surface area contributed by atoms with Crippen LogP contribution in [0, 0.1) is 0 Å². The van der Waals surface area contributed by atoms with E-state index in [-0.39, 0.29) is 18.5 Å². The zero-order chi connectivity index (χ0) is 49.3. The van der Waals surface area contributed by atoms with Gasteiger partial charge in [0.05, 0.1) is 25.4 Å². The van der Waals surface area contributed by atoms with Crippen LogP contribution in [0.4, 0.5) is 0 Å². The van der Waals surface area contributed by atoms with Crippen LogP contribution in [0.2, 0.25) is 0 Å². The number of carbonyl (C=O) groups excluding carboxylic acids is 2. The third-order valence-corrected chi connectivity index (χ3v) is 14.2. The first-order valence-electron chi connectivity index (χ1n) is 30.6. The molecule has 3 N–H and O–H groups in total. The largest absolute Gasteiger partial charge is 0.466 e. The first-order chi connectivity index (χ1) is 33.5. The molecule has 2 atom stereocenters. The second-order valence-electron chi connectivity index (χ2n) is 21.0. The number of carbonyl (C=O) groups is 2. The van der Waals surface area contributed by atoms with Crippen LogP contribution in [0.15, 0.2) is 24.3 Å². The summed E-state index contributed by atoms with van der Waals surface area (Å²) in [5.41, 5.74) is 0. The van der Waals surface area contributed by atoms with Gasteiger partial charge in [-0.15, -0.1) is 0 Å². The third kappa shape index (κ3) is 53.7. The smallest absolute Gasteiger partial charge is 0.305 e. The fourth-order valence-electron chi connectivity index (χ4n) is 9.51. The van der Waals surface area contributed by atoms with Gasteiger partial charge >= 0.3 is 5.97 Å². The summed E-state index contributed by atoms with van der Waals surface area (Å²) in [4.78, 5) is 24.5. The van der Waals surface area contributed by atoms with Crippen molar-refractivity contribution < 1.29 is 24.5 Å². The Morgan fingerprint density at radius 2 is 0.691 bits per heavy atom. The number of nitrogens with one attached hydrogen (secondary N) is 1. The summed E-state index contributed by atoms with van der Waals surface area (Å²) in [7, 11) is 0. The normalized spacial score (nSPS) is 12.7. The number of aliphatic hydroxyl groups excluding tert-OH is 2. The predicted molar refractivity (Wildman–Crippen MR) is 296 cm³/mol. The molecule has 0 aliphatic rings. The maximum atomic E-state index is 12.5. The van der Waals surface area contributed by atoms with Crippen LogP contribution in [0.25, 0.3) is 0 Å². The van der Waals surface area contributed by atoms with Crippen molar-refractivity contribution >= 4 is 11.9 Å². The zero-order valence-corrected chi connectivity index (χ0v) is 45.9. The number of ether oxygens (including phenoxy) is 1. The fraction of sp³-hybridized carbons (Fsp3) is 0.903. The molecule has 1 amide bonds. The Bertz CT molecular complexity index is 1060. The lowest BCUT2D eigenvalue weighted by Crippen LogP contribution is -2.45. The Labute approximate surface area is 424 Å². The van der Waals surface area contributed by atoms with Gasteiger partial charge in [-0.25, -0.2) is 0 Å². The van der Waals surface area contributed by atoms with Gasteiger partial charge in [-0.3, -0.25) is 9.59 Å². The third-order valence-electron chi connectivity index (χ3n) is 14.2. The Kier molecular flexibility index (Phi) is 56.5. The van der Waals surface area contributed by atoms with Crippen molar-refractivity contribution in [3.63, 3.8) is 0 Å². The van der Waals surface area contributed by atoms with Crippen LogP contribution in [-0.2, 0) is 14.3 Å². The number of esters is 1. The molecule has 0 aromatic rings. The molecule has 6 nitrogen and oxygen atoms in total. The lowest BCUT2D eigenvalue weighted by atomic mass is 10.0. The van der Waals surface area contributed by atoms with Gasteiger partial charge < -0.3 is 20.3 Å². The lowest BCUT2D eigenvalue weighted by molar-refractivity contribution is -0.143. The molecule has 402 valence electrons. The molecule has 0 aromatic heterocycles. The molecule has 0 fully saturated rings. The van der Waals surface area contributed by atoms with E-state index in [9.17, 15) is 19.8 Å². The lowest BCUT2D eigenvalue weighted by Gasteiger charge is -2.20. The Morgan fingerprint density at radius 3 is 1.04 bits per heavy atom. The molecule has 0 bridgehead atoms. The quantitative estimate of drug-likeness (QED) is 0.0321. The fourth-order valence-corrected chi connectivity index (χ4v) is 9.51. The zero-order valence-electron chi connectivity index (χ0n) is 45.9. The van der Waals surface area contributed by atoms with E-state index in [0.29, 0.717) is 19.4 Å². The molecule has 0 heterocycles. The van der Waals surface area contributed by atoms with E-state index in [2.05, 4.69) is 31.3 Å². The van der Waals surface area contributed by atoms with Gasteiger partial charge in [-0.2, -0.15) is 0 Å². The number of allylic oxidation sites excluding steroid dienone is 3. The van der Waals surface area contributed by atoms with Crippen molar-refractivity contribution in [2.45, 2.75) is 347 Å². The molecule has 0 aliphatic heterocycles. The minimum Gasteiger partial charge on any atom is -0.466 e. The van der Waals surface area contributed by atoms with Crippen LogP contribution in [0.1, 0.15) is 335 Å². The van der Waals surface area contributed by atoms with Gasteiger partial charge in [-0.1, -0.05) is 289 Å². The Balaban J connectivity index is 3.46. The molecule has 0 aromatic carbocycles. The maximum Gasteiger partial charge on any atom is 0.305 e. The van der Waals surface area contributed by atoms with E-state index in [4.69, 9.17) is 4.74 Å². The number of unbranched alkanes of at least 4 members (excludes halogenated alkanes) is 44. The Hall–Kier alpha value is -1.66. The molecule has 0 saturated heterocycles. The summed E-state index contributed by atoms with van der Waals surface area (Å²) in [5, 5.41) is 23.2. The first kappa shape index (κ1) is 66.3. The number of rotatable bonds is 57. The molecule has 0 rings (SSSR count). The average molecular weight is 959 g/mol. The van der Waals surface area contributed by atoms with Gasteiger partial charge in [-0.05, 0) is 57.8 Å². The molecular formula is C62H119NO5. The van der Waals surface area contributed by atoms with Gasteiger partial charge in [0.1, 0.15) is 0 Å². The van der Waals surface area contributed by atoms with E-state index in [1.165, 1.54) is 263 Å². The van der Waals surface area contributed by atoms with Crippen molar-refractivity contribution in [1.29, 1.82) is 0 Å². The molecule has 2 unspecified atom stereocenters. The summed E-state index contributed by atoms with van der Waals surface area (Å²) in [6.45, 7) is 4.91. The summed E-state index contributed by atoms with van der Waals surface area (Å²) >= 11 is 0. The highest BCUT2D eigenvalue weighted by atomic mass is 16.5. The standard InChI is InChI=1S/C62H119NO5/c1-3-5-7-9-11-13-15-16-17-18-22-25-28-31-35-38-42-46-50-54-60(65)59(58-64)63-61(66)55-51-47-43-39-36-32-29-26-23-20-19-21-24-27-30-33-37-41-45-49-53-57-68-62(67)56-52-48-44-40-34-14-12-10-8-6-4-2/h20,23,50,54,59-60,64-65H,3-19,21-22,24-49,51-53,55-58H2,1-2H3,(H,63,66)/b23-20-,54-50+. The van der Waals surface area contributed by atoms with E-state index in [1.54, 1.807) is 6.08 Å². The van der Waals surface area contributed by atoms with E-state index in [1.807, 2.05) is 6.08 Å². The highest BCUT2D eigenvalue weighted by Crippen LogP contribution is 2.17. The molecule has 0 saturated carbocycles. The van der Waals surface area contributed by atoms with Crippen LogP contribution in [0.5, 0.6) is 0 Å². The molecule has 0 aliphatic carbocycles. The predicted octanol–water partition coefficient (Wildman–Crippen LogP) is 19.0. The maximum absolute atomic E-state index is 12.5. The summed E-state index contributed by atoms with van der Waals surface area (Å²) in [6.07, 6.45) is 70.7. The van der Waals surface area contributed by atoms with Gasteiger partial charge in [0.15, 0.2) is 0 Å². The summed E-state index contributed by atoms with van der Waals surface area (Å²) in [5.74, 6) is -0.0656. The SMILES string of the molecule is CCCCCCCCCCCCCCCCCCC/C=C/C(O)C(CO)NC(=O)CCCCCCCCC/C=C\CCCCCCCCCCCCOC(=O)CCCCCCCCCCCCC. The van der Waals surface area contributed by atoms with Gasteiger partial charge in [0, 0.05) is 12.8 Å². The molecular weight excluding hydrogens is 839 g/mol. The van der Waals surface area contributed by atoms with Crippen LogP contribution in [-0.4, -0.2) is 47.4 Å². The van der Waals surface area contributed by atoms with Crippen molar-refractivity contribution in [2.24, 2.45) is 0 Å². The highest BCUT2D eigenvalue weighted by molar-refractivity contribution is 5.76. The second-order valence-corrected chi connectivity index (χ2v) is 21.0. The first-order valence-corrected chi connectivity index (χ1v) is 30.6. The molecule has 68 heavy (non-hydrogen) atoms. The number of hydrogen-bond donors (Lipinski definition) is 3. The minimum atomic E-state index is -0.849. The average Bonchev–Trinajstić information content (AvgIpc) is 3.34. The van der Waals surface area contributed by atoms with E-state index in [0.717, 1.165) is 44.9 Å². The van der Waals surface area contributed by atoms with E-state index >= 15 is 0 Å². The monoisotopic (exact) mass is 958 g/mol. The number of amides is 1. The van der Waals surface area contributed by atoms with E-state index < -0.39 is 12.1 Å². The molecule has 0 radical (unpaired) electrons. The van der Waals surface area contributed by atoms with Crippen LogP contribution >= 0.6 is 0 Å². The van der Waals surface area contributed by atoms with Gasteiger partial charge in [0.2, 0.25) is 5.91 Å². The molecule has 0 spiro atoms. The number of aliphatic hydroxyl groups is 2. The van der Waals surface area contributed by atoms with Crippen LogP contribution < -0.4 is 5.32 Å². The van der Waals surface area contributed by atoms with Crippen molar-refractivity contribution in [3.05, 3.63) is 24.3 Å². The Morgan fingerprint density at radius 1 is 0.397 bits per heavy atom. The highest BCUT2D eigenvalue weighted by Gasteiger charge is 2.18. The molecule has 6 heteroatoms. The van der Waals surface area contributed by atoms with Crippen molar-refractivity contribution in [3.8, 4) is 0 Å². The van der Waals surface area contributed by atoms with Crippen LogP contribution in [0.3, 0.4) is 0 Å². The van der Waals surface area contributed by atoms with Gasteiger partial charge in [0.25, 0.3) is 0 Å². The summed E-state index contributed by atoms with van der Waals surface area (Å²) in [6, 6.07) is -0.634. The van der Waals surface area contributed by atoms with Crippen molar-refractivity contribution in [1.82, 2.24) is 5.32 Å². The second kappa shape index (κ2) is 57.9. The van der Waals surface area contributed by atoms with Crippen molar-refractivity contribution in [2.75, 3.05) is 13.2 Å². The number of hydrogen-bond acceptors (Lipinski definition) is 5.